The van der Waals surface area contributed by atoms with Crippen LogP contribution in [0.4, 0.5) is 14.5 Å². The van der Waals surface area contributed by atoms with Crippen molar-refractivity contribution in [2.24, 2.45) is 0 Å². The van der Waals surface area contributed by atoms with Gasteiger partial charge in [-0.05, 0) is 42.5 Å². The van der Waals surface area contributed by atoms with Gasteiger partial charge >= 0.3 is 0 Å². The van der Waals surface area contributed by atoms with E-state index in [4.69, 9.17) is 0 Å². The molecule has 2 aromatic rings. The maximum atomic E-state index is 13.1. The Kier molecular flexibility index (Phi) is 3.74. The van der Waals surface area contributed by atoms with Crippen molar-refractivity contribution in [2.45, 2.75) is 24.8 Å². The van der Waals surface area contributed by atoms with Gasteiger partial charge < -0.3 is 5.32 Å². The van der Waals surface area contributed by atoms with Crippen molar-refractivity contribution in [3.8, 4) is 0 Å². The van der Waals surface area contributed by atoms with Crippen LogP contribution < -0.4 is 5.32 Å². The molecule has 1 saturated carbocycles. The summed E-state index contributed by atoms with van der Waals surface area (Å²) >= 11 is 3.56. The number of hydrogen-bond acceptors (Lipinski definition) is 1. The summed E-state index contributed by atoms with van der Waals surface area (Å²) in [5.41, 5.74) is 1.81. The second kappa shape index (κ2) is 5.52. The van der Waals surface area contributed by atoms with Gasteiger partial charge in [0.05, 0.1) is 0 Å². The second-order valence-corrected chi connectivity index (χ2v) is 6.04. The van der Waals surface area contributed by atoms with Crippen molar-refractivity contribution in [3.63, 3.8) is 0 Å². The molecule has 20 heavy (non-hydrogen) atoms. The largest absolute Gasteiger partial charge is 0.382 e. The Hall–Kier alpha value is -1.42. The Labute approximate surface area is 125 Å². The smallest absolute Gasteiger partial charge is 0.128 e. The van der Waals surface area contributed by atoms with E-state index < -0.39 is 11.6 Å². The van der Waals surface area contributed by atoms with Gasteiger partial charge in [0, 0.05) is 22.3 Å². The third-order valence-corrected chi connectivity index (χ3v) is 4.44. The van der Waals surface area contributed by atoms with Crippen molar-refractivity contribution < 1.29 is 8.78 Å². The van der Waals surface area contributed by atoms with Gasteiger partial charge in [0.1, 0.15) is 11.6 Å². The zero-order valence-electron chi connectivity index (χ0n) is 10.7. The molecule has 2 aromatic carbocycles. The van der Waals surface area contributed by atoms with Gasteiger partial charge in [0.2, 0.25) is 0 Å². The second-order valence-electron chi connectivity index (χ2n) is 5.19. The van der Waals surface area contributed by atoms with Gasteiger partial charge in [-0.15, -0.1) is 0 Å². The molecule has 0 spiro atoms. The molecule has 104 valence electrons. The van der Waals surface area contributed by atoms with Gasteiger partial charge in [0.25, 0.3) is 0 Å². The van der Waals surface area contributed by atoms with Crippen LogP contribution in [0.3, 0.4) is 0 Å². The Balaban J connectivity index is 1.62. The first-order valence-corrected chi connectivity index (χ1v) is 7.38. The molecule has 1 N–H and O–H groups in total. The Bertz CT molecular complexity index is 603. The van der Waals surface area contributed by atoms with E-state index in [-0.39, 0.29) is 6.04 Å². The van der Waals surface area contributed by atoms with Gasteiger partial charge in [-0.25, -0.2) is 8.78 Å². The number of halogens is 3. The zero-order valence-corrected chi connectivity index (χ0v) is 12.3. The molecule has 0 saturated heterocycles. The predicted molar refractivity (Wildman–Crippen MR) is 79.9 cm³/mol. The lowest BCUT2D eigenvalue weighted by molar-refractivity contribution is 0.373. The topological polar surface area (TPSA) is 12.0 Å². The van der Waals surface area contributed by atoms with E-state index in [1.165, 1.54) is 17.7 Å². The fourth-order valence-corrected chi connectivity index (χ4v) is 3.28. The van der Waals surface area contributed by atoms with Crippen LogP contribution in [0.25, 0.3) is 0 Å². The minimum absolute atomic E-state index is 0.272. The Morgan fingerprint density at radius 3 is 2.30 bits per heavy atom. The summed E-state index contributed by atoms with van der Waals surface area (Å²) in [7, 11) is 0. The quantitative estimate of drug-likeness (QED) is 0.822. The van der Waals surface area contributed by atoms with E-state index in [0.29, 0.717) is 11.6 Å². The highest BCUT2D eigenvalue weighted by Gasteiger charge is 2.31. The molecule has 1 nitrogen and oxygen atoms in total. The maximum Gasteiger partial charge on any atom is 0.128 e. The maximum absolute atomic E-state index is 13.1. The SMILES string of the molecule is Fc1cc(F)cc(NC2CC(c3ccccc3Br)C2)c1. The number of anilines is 1. The molecule has 0 atom stereocenters. The van der Waals surface area contributed by atoms with E-state index >= 15 is 0 Å². The molecule has 0 aromatic heterocycles. The average Bonchev–Trinajstić information content (AvgIpc) is 2.33. The highest BCUT2D eigenvalue weighted by Crippen LogP contribution is 2.41. The Morgan fingerprint density at radius 2 is 1.65 bits per heavy atom. The fraction of sp³-hybridized carbons (Fsp3) is 0.250. The number of benzene rings is 2. The summed E-state index contributed by atoms with van der Waals surface area (Å²) in [6.07, 6.45) is 1.95. The molecule has 0 aliphatic heterocycles. The average molecular weight is 338 g/mol. The highest BCUT2D eigenvalue weighted by molar-refractivity contribution is 9.10. The first-order chi connectivity index (χ1) is 9.61. The lowest BCUT2D eigenvalue weighted by Crippen LogP contribution is -2.34. The first kappa shape index (κ1) is 13.6. The van der Waals surface area contributed by atoms with Crippen molar-refractivity contribution in [1.82, 2.24) is 0 Å². The van der Waals surface area contributed by atoms with E-state index in [1.54, 1.807) is 0 Å². The van der Waals surface area contributed by atoms with Crippen LogP contribution >= 0.6 is 15.9 Å². The molecule has 0 unspecified atom stereocenters. The zero-order chi connectivity index (χ0) is 14.1. The number of rotatable bonds is 3. The summed E-state index contributed by atoms with van der Waals surface area (Å²) in [4.78, 5) is 0. The van der Waals surface area contributed by atoms with Crippen LogP contribution in [0.2, 0.25) is 0 Å². The highest BCUT2D eigenvalue weighted by atomic mass is 79.9. The molecule has 1 aliphatic rings. The van der Waals surface area contributed by atoms with E-state index in [9.17, 15) is 8.78 Å². The lowest BCUT2D eigenvalue weighted by atomic mass is 9.76. The molecule has 4 heteroatoms. The predicted octanol–water partition coefficient (Wildman–Crippen LogP) is 5.09. The van der Waals surface area contributed by atoms with Crippen LogP contribution in [-0.4, -0.2) is 6.04 Å². The third kappa shape index (κ3) is 2.85. The Morgan fingerprint density at radius 1 is 1.00 bits per heavy atom. The molecule has 0 heterocycles. The summed E-state index contributed by atoms with van der Waals surface area (Å²) in [5.74, 6) is -0.593. The van der Waals surface area contributed by atoms with E-state index in [1.807, 2.05) is 18.2 Å². The van der Waals surface area contributed by atoms with Gasteiger partial charge in [0.15, 0.2) is 0 Å². The number of hydrogen-bond donors (Lipinski definition) is 1. The molecule has 1 fully saturated rings. The molecule has 1 aliphatic carbocycles. The lowest BCUT2D eigenvalue weighted by Gasteiger charge is -2.37. The third-order valence-electron chi connectivity index (χ3n) is 3.72. The fourth-order valence-electron chi connectivity index (χ4n) is 2.67. The molecule has 0 bridgehead atoms. The molecular weight excluding hydrogens is 324 g/mol. The molecular formula is C16H14BrF2N. The van der Waals surface area contributed by atoms with Gasteiger partial charge in [-0.2, -0.15) is 0 Å². The van der Waals surface area contributed by atoms with Gasteiger partial charge in [-0.1, -0.05) is 34.1 Å². The monoisotopic (exact) mass is 337 g/mol. The normalized spacial score (nSPS) is 21.4. The minimum Gasteiger partial charge on any atom is -0.382 e. The van der Waals surface area contributed by atoms with Crippen molar-refractivity contribution in [1.29, 1.82) is 0 Å². The van der Waals surface area contributed by atoms with Crippen LogP contribution in [0.15, 0.2) is 46.9 Å². The standard InChI is InChI=1S/C16H14BrF2N/c17-16-4-2-1-3-15(16)10-5-13(6-10)20-14-8-11(18)7-12(19)9-14/h1-4,7-10,13,20H,5-6H2. The molecule has 0 radical (unpaired) electrons. The van der Waals surface area contributed by atoms with E-state index in [2.05, 4.69) is 27.3 Å². The van der Waals surface area contributed by atoms with Crippen molar-refractivity contribution in [2.75, 3.05) is 5.32 Å². The van der Waals surface area contributed by atoms with E-state index in [0.717, 1.165) is 23.4 Å². The van der Waals surface area contributed by atoms with Crippen molar-refractivity contribution in [3.05, 3.63) is 64.1 Å². The first-order valence-electron chi connectivity index (χ1n) is 6.59. The molecule has 0 amide bonds. The van der Waals surface area contributed by atoms with Crippen LogP contribution in [0, 0.1) is 11.6 Å². The minimum atomic E-state index is -0.547. The van der Waals surface area contributed by atoms with Crippen LogP contribution in [0.1, 0.15) is 24.3 Å². The summed E-state index contributed by atoms with van der Waals surface area (Å²) in [6.45, 7) is 0. The number of nitrogens with one attached hydrogen (secondary N) is 1. The van der Waals surface area contributed by atoms with Crippen LogP contribution in [0.5, 0.6) is 0 Å². The van der Waals surface area contributed by atoms with Crippen molar-refractivity contribution >= 4 is 21.6 Å². The summed E-state index contributed by atoms with van der Waals surface area (Å²) in [5, 5.41) is 3.18. The molecule has 3 rings (SSSR count). The summed E-state index contributed by atoms with van der Waals surface area (Å²) < 4.78 is 27.3. The summed E-state index contributed by atoms with van der Waals surface area (Å²) in [6, 6.07) is 12.0. The van der Waals surface area contributed by atoms with Crippen LogP contribution in [-0.2, 0) is 0 Å². The van der Waals surface area contributed by atoms with Gasteiger partial charge in [-0.3, -0.25) is 0 Å².